The van der Waals surface area contributed by atoms with Crippen LogP contribution in [0, 0.1) is 11.3 Å². The average molecular weight is 512 g/mol. The molecule has 3 aromatic rings. The summed E-state index contributed by atoms with van der Waals surface area (Å²) in [6.07, 6.45) is 4.26. The maximum absolute atomic E-state index is 13.2. The molecule has 1 aromatic heterocycles. The van der Waals surface area contributed by atoms with Crippen LogP contribution >= 0.6 is 11.3 Å². The van der Waals surface area contributed by atoms with Gasteiger partial charge in [-0.05, 0) is 80.2 Å². The normalized spacial score (nSPS) is 19.6. The lowest BCUT2D eigenvalue weighted by molar-refractivity contribution is -0.122. The third kappa shape index (κ3) is 4.93. The van der Waals surface area contributed by atoms with Crippen molar-refractivity contribution in [3.8, 4) is 6.07 Å². The highest BCUT2D eigenvalue weighted by atomic mass is 32.2. The Bertz CT molecular complexity index is 1340. The molecule has 1 N–H and O–H groups in total. The molecule has 0 unspecified atom stereocenters. The van der Waals surface area contributed by atoms with Crippen LogP contribution in [0.4, 0.5) is 10.8 Å². The van der Waals surface area contributed by atoms with Crippen LogP contribution in [0.1, 0.15) is 39.2 Å². The second-order valence-corrected chi connectivity index (χ2v) is 11.4. The van der Waals surface area contributed by atoms with E-state index in [0.717, 1.165) is 32.4 Å². The lowest BCUT2D eigenvalue weighted by atomic mass is 9.88. The van der Waals surface area contributed by atoms with Crippen LogP contribution in [0.25, 0.3) is 0 Å². The third-order valence-corrected chi connectivity index (χ3v) is 8.94. The average Bonchev–Trinajstić information content (AvgIpc) is 3.53. The van der Waals surface area contributed by atoms with Crippen LogP contribution in [0.15, 0.2) is 65.0 Å². The minimum Gasteiger partial charge on any atom is -0.311 e. The van der Waals surface area contributed by atoms with Gasteiger partial charge in [-0.15, -0.1) is 11.3 Å². The molecule has 0 bridgehead atoms. The zero-order valence-electron chi connectivity index (χ0n) is 19.0. The van der Waals surface area contributed by atoms with E-state index in [1.54, 1.807) is 22.4 Å². The van der Waals surface area contributed by atoms with Gasteiger partial charge in [0.1, 0.15) is 0 Å². The van der Waals surface area contributed by atoms with E-state index in [4.69, 9.17) is 5.26 Å². The Labute approximate surface area is 211 Å². The fourth-order valence-electron chi connectivity index (χ4n) is 4.89. The number of amides is 1. The minimum atomic E-state index is -3.73. The number of thiazole rings is 1. The molecule has 2 aliphatic heterocycles. The number of benzene rings is 2. The maximum atomic E-state index is 13.2. The summed E-state index contributed by atoms with van der Waals surface area (Å²) in [5, 5.41) is 11.0. The highest BCUT2D eigenvalue weighted by Crippen LogP contribution is 2.32. The Morgan fingerprint density at radius 2 is 1.74 bits per heavy atom. The quantitative estimate of drug-likeness (QED) is 0.529. The van der Waals surface area contributed by atoms with Gasteiger partial charge >= 0.3 is 0 Å². The standard InChI is InChI=1S/C25H25N5O3S2.2H2/c26-17-18-1-3-19(4-2-18)20-9-13-29(14-10-20)23-11-15-30(24(23)31)21-5-7-22(8-6-21)35(32,33)28-25-27-12-16-34-25;;/h1-8,12,16,20,23H,9-11,13-15H2,(H,27,28);2*1H/t23-;;/m0../s1. The number of nitrogens with one attached hydrogen (secondary N) is 1. The first-order chi connectivity index (χ1) is 16.9. The van der Waals surface area contributed by atoms with E-state index < -0.39 is 10.0 Å². The van der Waals surface area contributed by atoms with Crippen molar-refractivity contribution in [1.82, 2.24) is 9.88 Å². The van der Waals surface area contributed by atoms with Crippen LogP contribution in [0.3, 0.4) is 0 Å². The number of carbonyl (C=O) groups excluding carboxylic acids is 1. The number of anilines is 2. The first kappa shape index (κ1) is 23.5. The van der Waals surface area contributed by atoms with Crippen molar-refractivity contribution >= 4 is 38.1 Å². The van der Waals surface area contributed by atoms with Crippen LogP contribution in [0.2, 0.25) is 0 Å². The Morgan fingerprint density at radius 3 is 2.37 bits per heavy atom. The van der Waals surface area contributed by atoms with Gasteiger partial charge in [0.2, 0.25) is 5.91 Å². The molecule has 0 saturated carbocycles. The lowest BCUT2D eigenvalue weighted by Crippen LogP contribution is -2.45. The largest absolute Gasteiger partial charge is 0.311 e. The number of aromatic nitrogens is 1. The fourth-order valence-corrected chi connectivity index (χ4v) is 6.68. The second kappa shape index (κ2) is 9.77. The molecule has 0 radical (unpaired) electrons. The molecule has 2 aromatic carbocycles. The Balaban J connectivity index is 0.00000190. The van der Waals surface area contributed by atoms with Crippen molar-refractivity contribution in [2.75, 3.05) is 29.3 Å². The summed E-state index contributed by atoms with van der Waals surface area (Å²) in [6, 6.07) is 16.2. The van der Waals surface area contributed by atoms with Gasteiger partial charge in [0.15, 0.2) is 5.13 Å². The monoisotopic (exact) mass is 511 g/mol. The highest BCUT2D eigenvalue weighted by molar-refractivity contribution is 7.93. The number of hydrogen-bond donors (Lipinski definition) is 1. The summed E-state index contributed by atoms with van der Waals surface area (Å²) in [4.78, 5) is 21.4. The Kier molecular flexibility index (Phi) is 6.56. The lowest BCUT2D eigenvalue weighted by Gasteiger charge is -2.35. The molecular weight excluding hydrogens is 482 g/mol. The minimum absolute atomic E-state index is 0. The second-order valence-electron chi connectivity index (χ2n) is 8.78. The van der Waals surface area contributed by atoms with Gasteiger partial charge in [0, 0.05) is 26.7 Å². The molecule has 10 heteroatoms. The summed E-state index contributed by atoms with van der Waals surface area (Å²) in [5.74, 6) is 0.512. The molecule has 0 spiro atoms. The first-order valence-electron chi connectivity index (χ1n) is 11.5. The molecule has 2 saturated heterocycles. The highest BCUT2D eigenvalue weighted by Gasteiger charge is 2.38. The Hall–Kier alpha value is -3.26. The van der Waals surface area contributed by atoms with E-state index in [0.29, 0.717) is 28.8 Å². The first-order valence-corrected chi connectivity index (χ1v) is 13.9. The van der Waals surface area contributed by atoms with E-state index in [1.165, 1.54) is 35.2 Å². The summed E-state index contributed by atoms with van der Waals surface area (Å²) < 4.78 is 27.6. The molecule has 35 heavy (non-hydrogen) atoms. The van der Waals surface area contributed by atoms with Gasteiger partial charge in [-0.3, -0.25) is 14.4 Å². The molecule has 1 amide bonds. The zero-order chi connectivity index (χ0) is 24.4. The summed E-state index contributed by atoms with van der Waals surface area (Å²) in [5.41, 5.74) is 2.63. The molecule has 8 nitrogen and oxygen atoms in total. The van der Waals surface area contributed by atoms with Gasteiger partial charge in [-0.25, -0.2) is 13.4 Å². The number of nitrogens with zero attached hydrogens (tertiary/aromatic N) is 4. The van der Waals surface area contributed by atoms with E-state index >= 15 is 0 Å². The van der Waals surface area contributed by atoms with Crippen LogP contribution in [-0.2, 0) is 14.8 Å². The third-order valence-electron chi connectivity index (χ3n) is 6.77. The molecular formula is C25H29N5O3S2. The van der Waals surface area contributed by atoms with Crippen molar-refractivity contribution in [2.24, 2.45) is 0 Å². The van der Waals surface area contributed by atoms with Gasteiger partial charge in [0.05, 0.1) is 22.6 Å². The topological polar surface area (TPSA) is 106 Å². The number of piperidine rings is 1. The van der Waals surface area contributed by atoms with E-state index in [9.17, 15) is 13.2 Å². The number of rotatable bonds is 6. The summed E-state index contributed by atoms with van der Waals surface area (Å²) in [6.45, 7) is 2.32. The van der Waals surface area contributed by atoms with Gasteiger partial charge in [0.25, 0.3) is 10.0 Å². The summed E-state index contributed by atoms with van der Waals surface area (Å²) in [7, 11) is -3.73. The molecule has 184 valence electrons. The Morgan fingerprint density at radius 1 is 1.03 bits per heavy atom. The van der Waals surface area contributed by atoms with E-state index in [-0.39, 0.29) is 19.7 Å². The molecule has 1 atom stereocenters. The number of carbonyl (C=O) groups is 1. The molecule has 2 fully saturated rings. The predicted octanol–water partition coefficient (Wildman–Crippen LogP) is 4.29. The van der Waals surface area contributed by atoms with Gasteiger partial charge in [-0.1, -0.05) is 12.1 Å². The molecule has 3 heterocycles. The zero-order valence-corrected chi connectivity index (χ0v) is 20.6. The smallest absolute Gasteiger partial charge is 0.263 e. The van der Waals surface area contributed by atoms with Gasteiger partial charge in [-0.2, -0.15) is 5.26 Å². The summed E-state index contributed by atoms with van der Waals surface area (Å²) >= 11 is 1.21. The fraction of sp³-hybridized carbons (Fsp3) is 0.320. The molecule has 2 aliphatic rings. The van der Waals surface area contributed by atoms with Crippen LogP contribution in [0.5, 0.6) is 0 Å². The molecule has 0 aliphatic carbocycles. The van der Waals surface area contributed by atoms with Gasteiger partial charge < -0.3 is 4.90 Å². The SMILES string of the molecule is N#Cc1ccc(C2CCN([C@H]3CCN(c4ccc(S(=O)(=O)Nc5nccs5)cc4)C3=O)CC2)cc1.[HH].[HH]. The number of sulfonamides is 1. The maximum Gasteiger partial charge on any atom is 0.263 e. The van der Waals surface area contributed by atoms with Crippen LogP contribution < -0.4 is 9.62 Å². The van der Waals surface area contributed by atoms with E-state index in [2.05, 4.69) is 20.7 Å². The van der Waals surface area contributed by atoms with Crippen molar-refractivity contribution in [3.05, 3.63) is 71.2 Å². The number of likely N-dealkylation sites (tertiary alicyclic amines) is 1. The van der Waals surface area contributed by atoms with Crippen LogP contribution in [-0.4, -0.2) is 49.9 Å². The number of hydrogen-bond acceptors (Lipinski definition) is 7. The van der Waals surface area contributed by atoms with Crippen molar-refractivity contribution in [3.63, 3.8) is 0 Å². The van der Waals surface area contributed by atoms with Crippen molar-refractivity contribution in [1.29, 1.82) is 5.26 Å². The van der Waals surface area contributed by atoms with Crippen molar-refractivity contribution < 1.29 is 16.1 Å². The molecule has 5 rings (SSSR count). The predicted molar refractivity (Wildman–Crippen MR) is 139 cm³/mol. The number of nitriles is 1. The van der Waals surface area contributed by atoms with Crippen molar-refractivity contribution in [2.45, 2.75) is 36.1 Å². The van der Waals surface area contributed by atoms with E-state index in [1.807, 2.05) is 24.3 Å².